The fraction of sp³-hybridized carbons (Fsp3) is 0.481. The number of amides is 2. The molecule has 7 nitrogen and oxygen atoms in total. The largest absolute Gasteiger partial charge is 0.493 e. The van der Waals surface area contributed by atoms with E-state index in [0.717, 1.165) is 42.3 Å². The number of hydrogen-bond acceptors (Lipinski definition) is 5. The molecule has 2 amide bonds. The van der Waals surface area contributed by atoms with Crippen LogP contribution in [0.2, 0.25) is 0 Å². The Morgan fingerprint density at radius 1 is 1.11 bits per heavy atom. The van der Waals surface area contributed by atoms with E-state index in [1.54, 1.807) is 42.6 Å². The highest BCUT2D eigenvalue weighted by atomic mass is 32.1. The molecule has 1 aromatic carbocycles. The topological polar surface area (TPSA) is 72.8 Å². The van der Waals surface area contributed by atoms with Crippen LogP contribution in [-0.4, -0.2) is 42.2 Å². The van der Waals surface area contributed by atoms with E-state index in [2.05, 4.69) is 18.3 Å². The van der Waals surface area contributed by atoms with Crippen LogP contribution in [0.25, 0.3) is 10.2 Å². The Bertz CT molecular complexity index is 1270. The Labute approximate surface area is 210 Å². The molecule has 2 aromatic heterocycles. The van der Waals surface area contributed by atoms with Gasteiger partial charge in [0.25, 0.3) is 5.91 Å². The summed E-state index contributed by atoms with van der Waals surface area (Å²) in [7, 11) is 3.15. The number of nitrogens with zero attached hydrogens (tertiary/aromatic N) is 2. The summed E-state index contributed by atoms with van der Waals surface area (Å²) in [4.78, 5) is 30.9. The molecule has 1 aliphatic carbocycles. The molecule has 0 radical (unpaired) electrons. The van der Waals surface area contributed by atoms with Gasteiger partial charge in [-0.1, -0.05) is 26.2 Å². The van der Waals surface area contributed by atoms with Gasteiger partial charge in [0, 0.05) is 22.7 Å². The van der Waals surface area contributed by atoms with Gasteiger partial charge in [-0.05, 0) is 50.5 Å². The number of hydrogen-bond donors (Lipinski definition) is 1. The van der Waals surface area contributed by atoms with Crippen molar-refractivity contribution in [3.05, 3.63) is 40.9 Å². The molecular formula is C27H33N3O4S. The third-order valence-electron chi connectivity index (χ3n) is 7.43. The summed E-state index contributed by atoms with van der Waals surface area (Å²) in [5, 5.41) is 3.29. The standard InChI is InChI=1S/C27H33N3O4S/c1-5-19-14-20-24(35-19)15-21-25(31)30(18-11-12-22(33-3)23(13-18)34-4)27(2,16-29(20)21)26(32)28-17-9-7-6-8-10-17/h11-15,17H,5-10,16H2,1-4H3,(H,28,32)/t27-/m0/s1. The Hall–Kier alpha value is -3.00. The first-order chi connectivity index (χ1) is 16.9. The second kappa shape index (κ2) is 9.22. The van der Waals surface area contributed by atoms with Crippen molar-refractivity contribution in [3.63, 3.8) is 0 Å². The van der Waals surface area contributed by atoms with Gasteiger partial charge in [-0.25, -0.2) is 0 Å². The zero-order chi connectivity index (χ0) is 24.7. The van der Waals surface area contributed by atoms with Crippen molar-refractivity contribution in [2.45, 2.75) is 70.5 Å². The number of carbonyl (C=O) groups is 2. The fourth-order valence-electron chi connectivity index (χ4n) is 5.46. The molecule has 0 bridgehead atoms. The fourth-order valence-corrected chi connectivity index (χ4v) is 6.50. The number of fused-ring (bicyclic) bond motifs is 3. The SMILES string of the molecule is CCc1cc2c(cc3n2C[C@@](C)(C(=O)NC2CCCCC2)N(c2ccc(OC)c(OC)c2)C3=O)s1. The maximum absolute atomic E-state index is 14.1. The Morgan fingerprint density at radius 3 is 2.54 bits per heavy atom. The number of carbonyl (C=O) groups excluding carboxylic acids is 2. The smallest absolute Gasteiger partial charge is 0.275 e. The van der Waals surface area contributed by atoms with Gasteiger partial charge in [0.15, 0.2) is 11.5 Å². The maximum Gasteiger partial charge on any atom is 0.275 e. The number of methoxy groups -OCH3 is 2. The Balaban J connectivity index is 1.62. The molecule has 0 spiro atoms. The molecule has 186 valence electrons. The van der Waals surface area contributed by atoms with Crippen molar-refractivity contribution in [3.8, 4) is 11.5 Å². The van der Waals surface area contributed by atoms with Crippen molar-refractivity contribution in [1.29, 1.82) is 0 Å². The molecule has 0 saturated heterocycles. The summed E-state index contributed by atoms with van der Waals surface area (Å²) in [6.45, 7) is 4.39. The van der Waals surface area contributed by atoms with Gasteiger partial charge in [0.1, 0.15) is 11.2 Å². The minimum atomic E-state index is -1.11. The van der Waals surface area contributed by atoms with Gasteiger partial charge in [-0.15, -0.1) is 11.3 Å². The highest BCUT2D eigenvalue weighted by Gasteiger charge is 2.49. The van der Waals surface area contributed by atoms with Crippen LogP contribution in [0.3, 0.4) is 0 Å². The summed E-state index contributed by atoms with van der Waals surface area (Å²) in [5.74, 6) is 0.782. The van der Waals surface area contributed by atoms with E-state index >= 15 is 0 Å². The van der Waals surface area contributed by atoms with Gasteiger partial charge in [0.2, 0.25) is 5.91 Å². The number of rotatable bonds is 6. The van der Waals surface area contributed by atoms with Gasteiger partial charge in [0.05, 0.1) is 31.0 Å². The van der Waals surface area contributed by atoms with E-state index in [0.29, 0.717) is 29.4 Å². The van der Waals surface area contributed by atoms with E-state index < -0.39 is 5.54 Å². The maximum atomic E-state index is 14.1. The number of anilines is 1. The first-order valence-electron chi connectivity index (χ1n) is 12.4. The van der Waals surface area contributed by atoms with Crippen LogP contribution in [0, 0.1) is 0 Å². The van der Waals surface area contributed by atoms with Crippen molar-refractivity contribution in [2.24, 2.45) is 0 Å². The lowest BCUT2D eigenvalue weighted by atomic mass is 9.91. The number of thiophene rings is 1. The zero-order valence-electron chi connectivity index (χ0n) is 20.8. The highest BCUT2D eigenvalue weighted by molar-refractivity contribution is 7.19. The van der Waals surface area contributed by atoms with E-state index in [1.165, 1.54) is 11.3 Å². The summed E-state index contributed by atoms with van der Waals surface area (Å²) < 4.78 is 14.0. The second-order valence-corrected chi connectivity index (χ2v) is 10.9. The zero-order valence-corrected chi connectivity index (χ0v) is 21.7. The van der Waals surface area contributed by atoms with E-state index in [-0.39, 0.29) is 17.9 Å². The molecule has 1 atom stereocenters. The molecule has 0 unspecified atom stereocenters. The van der Waals surface area contributed by atoms with Crippen LogP contribution in [0.1, 0.15) is 61.3 Å². The normalized spacial score (nSPS) is 20.7. The summed E-state index contributed by atoms with van der Waals surface area (Å²) in [6, 6.07) is 9.64. The molecule has 1 aliphatic heterocycles. The van der Waals surface area contributed by atoms with Gasteiger partial charge in [-0.3, -0.25) is 14.5 Å². The molecule has 5 rings (SSSR count). The lowest BCUT2D eigenvalue weighted by Gasteiger charge is -2.44. The first kappa shape index (κ1) is 23.7. The predicted molar refractivity (Wildman–Crippen MR) is 139 cm³/mol. The number of ether oxygens (including phenoxy) is 2. The minimum Gasteiger partial charge on any atom is -0.493 e. The quantitative estimate of drug-likeness (QED) is 0.513. The summed E-state index contributed by atoms with van der Waals surface area (Å²) >= 11 is 1.71. The monoisotopic (exact) mass is 495 g/mol. The Morgan fingerprint density at radius 2 is 1.86 bits per heavy atom. The lowest BCUT2D eigenvalue weighted by Crippen LogP contribution is -2.65. The van der Waals surface area contributed by atoms with Crippen LogP contribution in [-0.2, 0) is 17.8 Å². The van der Waals surface area contributed by atoms with E-state index in [9.17, 15) is 9.59 Å². The highest BCUT2D eigenvalue weighted by Crippen LogP contribution is 2.41. The van der Waals surface area contributed by atoms with E-state index in [1.807, 2.05) is 23.6 Å². The van der Waals surface area contributed by atoms with Crippen molar-refractivity contribution < 1.29 is 19.1 Å². The minimum absolute atomic E-state index is 0.119. The lowest BCUT2D eigenvalue weighted by molar-refractivity contribution is -0.127. The number of benzene rings is 1. The van der Waals surface area contributed by atoms with Crippen LogP contribution in [0.5, 0.6) is 11.5 Å². The van der Waals surface area contributed by atoms with Crippen LogP contribution >= 0.6 is 11.3 Å². The van der Waals surface area contributed by atoms with Crippen molar-refractivity contribution in [2.75, 3.05) is 19.1 Å². The molecule has 1 saturated carbocycles. The van der Waals surface area contributed by atoms with Gasteiger partial charge >= 0.3 is 0 Å². The third kappa shape index (κ3) is 3.97. The molecule has 2 aliphatic rings. The number of aromatic nitrogens is 1. The Kier molecular flexibility index (Phi) is 6.25. The molecule has 3 heterocycles. The molecule has 1 fully saturated rings. The second-order valence-electron chi connectivity index (χ2n) is 9.69. The third-order valence-corrected chi connectivity index (χ3v) is 8.64. The van der Waals surface area contributed by atoms with Crippen molar-refractivity contribution >= 4 is 39.1 Å². The van der Waals surface area contributed by atoms with Crippen LogP contribution in [0.4, 0.5) is 5.69 Å². The average Bonchev–Trinajstić information content (AvgIpc) is 3.43. The van der Waals surface area contributed by atoms with Crippen LogP contribution < -0.4 is 19.7 Å². The average molecular weight is 496 g/mol. The number of aryl methyl sites for hydroxylation is 1. The van der Waals surface area contributed by atoms with Crippen molar-refractivity contribution in [1.82, 2.24) is 9.88 Å². The first-order valence-corrected chi connectivity index (χ1v) is 13.2. The summed E-state index contributed by atoms with van der Waals surface area (Å²) in [5.41, 5.74) is 1.13. The molecule has 8 heteroatoms. The number of nitrogens with one attached hydrogen (secondary N) is 1. The molecule has 1 N–H and O–H groups in total. The van der Waals surface area contributed by atoms with Gasteiger partial charge < -0.3 is 19.4 Å². The molecule has 35 heavy (non-hydrogen) atoms. The summed E-state index contributed by atoms with van der Waals surface area (Å²) in [6.07, 6.45) is 6.36. The van der Waals surface area contributed by atoms with Gasteiger partial charge in [-0.2, -0.15) is 0 Å². The molecular weight excluding hydrogens is 462 g/mol. The van der Waals surface area contributed by atoms with E-state index in [4.69, 9.17) is 9.47 Å². The molecule has 3 aromatic rings. The van der Waals surface area contributed by atoms with Crippen LogP contribution in [0.15, 0.2) is 30.3 Å². The predicted octanol–water partition coefficient (Wildman–Crippen LogP) is 5.15.